The maximum atomic E-state index is 13.7. The van der Waals surface area contributed by atoms with Crippen molar-refractivity contribution in [2.45, 2.75) is 13.0 Å². The van der Waals surface area contributed by atoms with Gasteiger partial charge in [-0.15, -0.1) is 0 Å². The van der Waals surface area contributed by atoms with Crippen LogP contribution < -0.4 is 19.8 Å². The first kappa shape index (κ1) is 30.7. The molecule has 0 bridgehead atoms. The molecule has 41 heavy (non-hydrogen) atoms. The first-order valence-corrected chi connectivity index (χ1v) is 13.0. The summed E-state index contributed by atoms with van der Waals surface area (Å²) in [6.07, 6.45) is 20.5. The third-order valence-electron chi connectivity index (χ3n) is 6.71. The van der Waals surface area contributed by atoms with Gasteiger partial charge < -0.3 is 18.8 Å². The van der Waals surface area contributed by atoms with E-state index >= 15 is 0 Å². The van der Waals surface area contributed by atoms with E-state index in [-0.39, 0.29) is 22.6 Å². The molecular formula is C33H31FeN3O4+2. The smallest absolute Gasteiger partial charge is 0.497 e. The summed E-state index contributed by atoms with van der Waals surface area (Å²) in [5, 5.41) is 4.69. The van der Waals surface area contributed by atoms with Crippen molar-refractivity contribution >= 4 is 5.52 Å². The van der Waals surface area contributed by atoms with E-state index < -0.39 is 0 Å². The maximum Gasteiger partial charge on any atom is 2.00 e. The number of aromatic nitrogens is 3. The fourth-order valence-electron chi connectivity index (χ4n) is 4.58. The molecule has 7 nitrogen and oxygen atoms in total. The second-order valence-electron chi connectivity index (χ2n) is 9.13. The molecule has 2 aromatic heterocycles. The molecule has 2 heterocycles. The summed E-state index contributed by atoms with van der Waals surface area (Å²) in [4.78, 5) is 13.7. The number of rotatable bonds is 8. The Hall–Kier alpha value is -3.22. The van der Waals surface area contributed by atoms with E-state index in [2.05, 4.69) is 5.10 Å². The van der Waals surface area contributed by atoms with E-state index in [1.54, 1.807) is 25.8 Å². The van der Waals surface area contributed by atoms with Crippen molar-refractivity contribution in [2.24, 2.45) is 0 Å². The zero-order chi connectivity index (χ0) is 27.9. The van der Waals surface area contributed by atoms with Crippen LogP contribution in [0.2, 0.25) is 0 Å². The van der Waals surface area contributed by atoms with Crippen molar-refractivity contribution in [1.82, 2.24) is 14.2 Å². The Kier molecular flexibility index (Phi) is 10.9. The molecule has 6 rings (SSSR count). The number of ether oxygens (including phenoxy) is 3. The van der Waals surface area contributed by atoms with Crippen molar-refractivity contribution in [2.75, 3.05) is 21.3 Å². The van der Waals surface area contributed by atoms with Crippen molar-refractivity contribution in [3.8, 4) is 28.5 Å². The molecule has 2 saturated carbocycles. The van der Waals surface area contributed by atoms with Crippen LogP contribution in [0.4, 0.5) is 0 Å². The summed E-state index contributed by atoms with van der Waals surface area (Å²) in [6, 6.07) is 15.4. The van der Waals surface area contributed by atoms with Crippen LogP contribution in [0.3, 0.4) is 0 Å². The van der Waals surface area contributed by atoms with Crippen LogP contribution in [0, 0.1) is 63.7 Å². The zero-order valence-electron chi connectivity index (χ0n) is 23.1. The molecule has 0 spiro atoms. The Labute approximate surface area is 253 Å². The molecule has 8 heteroatoms. The van der Waals surface area contributed by atoms with E-state index in [9.17, 15) is 4.79 Å². The number of aryl methyl sites for hydroxylation is 1. The molecule has 4 aromatic rings. The Bertz CT molecular complexity index is 1460. The third kappa shape index (κ3) is 7.17. The molecule has 0 atom stereocenters. The van der Waals surface area contributed by atoms with Crippen molar-refractivity contribution < 1.29 is 31.3 Å². The average molecular weight is 589 g/mol. The fraction of sp³-hybridized carbons (Fsp3) is 0.152. The number of methoxy groups -OCH3 is 3. The van der Waals surface area contributed by atoms with Crippen LogP contribution in [-0.4, -0.2) is 35.5 Å². The predicted molar refractivity (Wildman–Crippen MR) is 156 cm³/mol. The summed E-state index contributed by atoms with van der Waals surface area (Å²) >= 11 is 0. The molecule has 208 valence electrons. The van der Waals surface area contributed by atoms with Gasteiger partial charge in [-0.3, -0.25) is 4.79 Å². The molecule has 0 aliphatic heterocycles. The van der Waals surface area contributed by atoms with Crippen molar-refractivity contribution in [3.05, 3.63) is 140 Å². The number of hydrogen-bond donors (Lipinski definition) is 0. The fourth-order valence-corrected chi connectivity index (χ4v) is 4.58. The monoisotopic (exact) mass is 589 g/mol. The molecule has 2 aromatic carbocycles. The van der Waals surface area contributed by atoms with Crippen LogP contribution in [0.15, 0.2) is 59.5 Å². The minimum atomic E-state index is -0.0934. The first-order chi connectivity index (χ1) is 19.6. The number of nitrogens with zero attached hydrogens (tertiary/aromatic N) is 3. The summed E-state index contributed by atoms with van der Waals surface area (Å²) in [5.74, 6) is 3.08. The minimum Gasteiger partial charge on any atom is -0.497 e. The average Bonchev–Trinajstić information content (AvgIpc) is 3.80. The van der Waals surface area contributed by atoms with Gasteiger partial charge in [-0.2, -0.15) is 5.10 Å². The summed E-state index contributed by atoms with van der Waals surface area (Å²) in [6.45, 7) is 0.489. The van der Waals surface area contributed by atoms with Crippen LogP contribution in [-0.2, 0) is 30.0 Å². The summed E-state index contributed by atoms with van der Waals surface area (Å²) in [7, 11) is 4.86. The SMILES string of the molecule is COc1ccc(-c2cn3nc([C]4[CH][CH][CH][CH]4)cc3c(=O)n2CCc2ccc(OC)c(OC)c2)cc1.[CH]1[CH][CH][CH][CH]1.[Fe+2]. The standard InChI is InChI=1S/C28H26N3O4.C5H5.Fe/c1-33-22-11-9-21(10-12-22)25-18-31-24(17-23(29-31)20-6-4-5-7-20)28(32)30(25)15-14-19-8-13-26(34-2)27(16-19)35-3;1-2-4-5-3-1;/h4-13,16-18H,14-15H2,1-3H3;1-5H;/q;;+2. The minimum absolute atomic E-state index is 0. The predicted octanol–water partition coefficient (Wildman–Crippen LogP) is 5.20. The van der Waals surface area contributed by atoms with Crippen molar-refractivity contribution in [3.63, 3.8) is 0 Å². The van der Waals surface area contributed by atoms with Gasteiger partial charge in [0.15, 0.2) is 11.5 Å². The molecule has 0 saturated heterocycles. The third-order valence-corrected chi connectivity index (χ3v) is 6.71. The molecule has 0 N–H and O–H groups in total. The number of benzene rings is 2. The van der Waals surface area contributed by atoms with Gasteiger partial charge in [-0.25, -0.2) is 4.52 Å². The van der Waals surface area contributed by atoms with Gasteiger partial charge in [0, 0.05) is 18.0 Å². The Morgan fingerprint density at radius 3 is 2.02 bits per heavy atom. The summed E-state index contributed by atoms with van der Waals surface area (Å²) < 4.78 is 19.6. The van der Waals surface area contributed by atoms with E-state index in [0.29, 0.717) is 30.0 Å². The first-order valence-electron chi connectivity index (χ1n) is 13.0. The van der Waals surface area contributed by atoms with E-state index in [0.717, 1.165) is 34.2 Å². The van der Waals surface area contributed by atoms with Gasteiger partial charge in [0.2, 0.25) is 0 Å². The van der Waals surface area contributed by atoms with Gasteiger partial charge >= 0.3 is 17.1 Å². The largest absolute Gasteiger partial charge is 2.00 e. The van der Waals surface area contributed by atoms with Gasteiger partial charge in [-0.1, -0.05) is 6.07 Å². The van der Waals surface area contributed by atoms with Crippen LogP contribution >= 0.6 is 0 Å². The van der Waals surface area contributed by atoms with Crippen molar-refractivity contribution in [1.29, 1.82) is 0 Å². The van der Waals surface area contributed by atoms with Gasteiger partial charge in [0.25, 0.3) is 5.56 Å². The molecule has 2 aliphatic carbocycles. The molecule has 2 aliphatic rings. The normalized spacial score (nSPS) is 14.8. The van der Waals surface area contributed by atoms with Gasteiger partial charge in [-0.05, 0) is 112 Å². The van der Waals surface area contributed by atoms with E-state index in [1.165, 1.54) is 0 Å². The second kappa shape index (κ2) is 14.6. The van der Waals surface area contributed by atoms with Crippen LogP contribution in [0.5, 0.6) is 17.2 Å². The van der Waals surface area contributed by atoms with E-state index in [4.69, 9.17) is 14.2 Å². The number of fused-ring (bicyclic) bond motifs is 1. The van der Waals surface area contributed by atoms with Gasteiger partial charge in [0.05, 0.1) is 38.9 Å². The molecule has 10 radical (unpaired) electrons. The molecule has 0 unspecified atom stereocenters. The van der Waals surface area contributed by atoms with Crippen LogP contribution in [0.1, 0.15) is 11.3 Å². The Balaban J connectivity index is 0.000000584. The zero-order valence-corrected chi connectivity index (χ0v) is 24.2. The molecule has 2 fully saturated rings. The number of hydrogen-bond acceptors (Lipinski definition) is 5. The summed E-state index contributed by atoms with van der Waals surface area (Å²) in [5.41, 5.74) is 3.94. The topological polar surface area (TPSA) is 67.0 Å². The van der Waals surface area contributed by atoms with Gasteiger partial charge in [0.1, 0.15) is 11.3 Å². The Morgan fingerprint density at radius 1 is 0.756 bits per heavy atom. The quantitative estimate of drug-likeness (QED) is 0.265. The molecule has 0 amide bonds. The Morgan fingerprint density at radius 2 is 1.41 bits per heavy atom. The second-order valence-corrected chi connectivity index (χ2v) is 9.13. The molecular weight excluding hydrogens is 558 g/mol. The van der Waals surface area contributed by atoms with E-state index in [1.807, 2.05) is 117 Å². The maximum absolute atomic E-state index is 13.7. The van der Waals surface area contributed by atoms with Crippen LogP contribution in [0.25, 0.3) is 16.8 Å².